The van der Waals surface area contributed by atoms with Gasteiger partial charge in [-0.3, -0.25) is 9.59 Å². The summed E-state index contributed by atoms with van der Waals surface area (Å²) in [6.45, 7) is 0.856. The molecule has 8 heteroatoms. The Morgan fingerprint density at radius 2 is 2.19 bits per heavy atom. The molecule has 1 aliphatic heterocycles. The quantitative estimate of drug-likeness (QED) is 0.552. The molecular formula is C18H20N2O5S. The maximum absolute atomic E-state index is 12.4. The van der Waals surface area contributed by atoms with E-state index in [1.807, 2.05) is 6.07 Å². The summed E-state index contributed by atoms with van der Waals surface area (Å²) < 4.78 is 15.3. The van der Waals surface area contributed by atoms with Crippen LogP contribution in [0.25, 0.3) is 6.08 Å². The molecule has 0 spiro atoms. The van der Waals surface area contributed by atoms with Crippen molar-refractivity contribution in [1.82, 2.24) is 4.90 Å². The Labute approximate surface area is 156 Å². The van der Waals surface area contributed by atoms with Crippen LogP contribution in [0.4, 0.5) is 0 Å². The van der Waals surface area contributed by atoms with Gasteiger partial charge >= 0.3 is 5.97 Å². The third-order valence-corrected chi connectivity index (χ3v) is 4.90. The van der Waals surface area contributed by atoms with Crippen LogP contribution in [0.1, 0.15) is 5.56 Å². The number of benzene rings is 1. The van der Waals surface area contributed by atoms with Crippen LogP contribution in [-0.4, -0.2) is 61.7 Å². The van der Waals surface area contributed by atoms with Gasteiger partial charge in [0, 0.05) is 24.9 Å². The van der Waals surface area contributed by atoms with E-state index >= 15 is 0 Å². The van der Waals surface area contributed by atoms with E-state index < -0.39 is 0 Å². The Morgan fingerprint density at radius 1 is 1.38 bits per heavy atom. The fourth-order valence-electron chi connectivity index (χ4n) is 2.41. The SMILES string of the molecule is COC(=O)[C@H]1CN(C(=O)/C=C/c2ccc(OCC#N)c(OC)c2)CCS1. The number of rotatable bonds is 6. The Bertz CT molecular complexity index is 729. The van der Waals surface area contributed by atoms with E-state index in [1.165, 1.54) is 32.1 Å². The normalized spacial score (nSPS) is 16.8. The van der Waals surface area contributed by atoms with Crippen molar-refractivity contribution in [2.45, 2.75) is 5.25 Å². The van der Waals surface area contributed by atoms with Gasteiger partial charge in [-0.1, -0.05) is 6.07 Å². The van der Waals surface area contributed by atoms with Crippen LogP contribution in [0.15, 0.2) is 24.3 Å². The van der Waals surface area contributed by atoms with Gasteiger partial charge in [-0.15, -0.1) is 11.8 Å². The highest BCUT2D eigenvalue weighted by Gasteiger charge is 2.28. The monoisotopic (exact) mass is 376 g/mol. The zero-order valence-corrected chi connectivity index (χ0v) is 15.5. The molecule has 1 aromatic carbocycles. The first-order valence-electron chi connectivity index (χ1n) is 7.93. The van der Waals surface area contributed by atoms with Gasteiger partial charge in [0.05, 0.1) is 14.2 Å². The molecule has 0 radical (unpaired) electrons. The van der Waals surface area contributed by atoms with E-state index in [-0.39, 0.29) is 23.7 Å². The van der Waals surface area contributed by atoms with Gasteiger partial charge in [-0.25, -0.2) is 0 Å². The van der Waals surface area contributed by atoms with E-state index in [2.05, 4.69) is 0 Å². The first-order chi connectivity index (χ1) is 12.6. The number of hydrogen-bond acceptors (Lipinski definition) is 7. The highest BCUT2D eigenvalue weighted by molar-refractivity contribution is 8.00. The fraction of sp³-hybridized carbons (Fsp3) is 0.389. The second kappa shape index (κ2) is 9.73. The van der Waals surface area contributed by atoms with Gasteiger partial charge in [0.2, 0.25) is 5.91 Å². The lowest BCUT2D eigenvalue weighted by atomic mass is 10.2. The molecule has 1 aliphatic rings. The maximum Gasteiger partial charge on any atom is 0.320 e. The van der Waals surface area contributed by atoms with Crippen molar-refractivity contribution in [2.75, 3.05) is 39.7 Å². The van der Waals surface area contributed by atoms with Crippen LogP contribution in [0.2, 0.25) is 0 Å². The average Bonchev–Trinajstić information content (AvgIpc) is 2.70. The van der Waals surface area contributed by atoms with Crippen LogP contribution in [-0.2, 0) is 14.3 Å². The average molecular weight is 376 g/mol. The molecule has 0 aliphatic carbocycles. The molecule has 1 saturated heterocycles. The minimum Gasteiger partial charge on any atom is -0.493 e. The van der Waals surface area contributed by atoms with Gasteiger partial charge in [-0.05, 0) is 23.8 Å². The number of amides is 1. The number of ether oxygens (including phenoxy) is 3. The number of esters is 1. The van der Waals surface area contributed by atoms with Crippen LogP contribution in [0.5, 0.6) is 11.5 Å². The van der Waals surface area contributed by atoms with Crippen molar-refractivity contribution in [3.05, 3.63) is 29.8 Å². The summed E-state index contributed by atoms with van der Waals surface area (Å²) in [5.74, 6) is 1.16. The molecule has 1 aromatic rings. The molecule has 2 rings (SSSR count). The van der Waals surface area contributed by atoms with E-state index in [9.17, 15) is 9.59 Å². The fourth-order valence-corrected chi connectivity index (χ4v) is 3.54. The molecule has 1 atom stereocenters. The van der Waals surface area contributed by atoms with Crippen molar-refractivity contribution in [1.29, 1.82) is 5.26 Å². The Hall–Kier alpha value is -2.66. The van der Waals surface area contributed by atoms with Gasteiger partial charge in [0.15, 0.2) is 18.1 Å². The predicted octanol–water partition coefficient (Wildman–Crippen LogP) is 1.73. The first-order valence-corrected chi connectivity index (χ1v) is 8.98. The minimum absolute atomic E-state index is 0.0711. The summed E-state index contributed by atoms with van der Waals surface area (Å²) in [4.78, 5) is 25.7. The standard InChI is InChI=1S/C18H20N2O5S/c1-23-15-11-13(3-5-14(15)25-9-7-19)4-6-17(21)20-8-10-26-16(12-20)18(22)24-2/h3-6,11,16H,8-10,12H2,1-2H3/b6-4+/t16-/m1/s1. The van der Waals surface area contributed by atoms with Crippen LogP contribution in [0.3, 0.4) is 0 Å². The van der Waals surface area contributed by atoms with E-state index in [0.29, 0.717) is 30.3 Å². The van der Waals surface area contributed by atoms with Gasteiger partial charge in [-0.2, -0.15) is 5.26 Å². The summed E-state index contributed by atoms with van der Waals surface area (Å²) in [6.07, 6.45) is 3.14. The molecule has 0 saturated carbocycles. The lowest BCUT2D eigenvalue weighted by Gasteiger charge is -2.30. The number of nitriles is 1. The highest BCUT2D eigenvalue weighted by atomic mass is 32.2. The number of hydrogen-bond donors (Lipinski definition) is 0. The van der Waals surface area contributed by atoms with E-state index in [0.717, 1.165) is 5.56 Å². The molecule has 0 aromatic heterocycles. The number of thioether (sulfide) groups is 1. The van der Waals surface area contributed by atoms with Gasteiger partial charge in [0.25, 0.3) is 0 Å². The smallest absolute Gasteiger partial charge is 0.320 e. The zero-order valence-electron chi connectivity index (χ0n) is 14.6. The summed E-state index contributed by atoms with van der Waals surface area (Å²) in [6, 6.07) is 7.07. The number of carbonyl (C=O) groups is 2. The Balaban J connectivity index is 2.03. The summed E-state index contributed by atoms with van der Waals surface area (Å²) in [5, 5.41) is 8.24. The van der Waals surface area contributed by atoms with Crippen LogP contribution < -0.4 is 9.47 Å². The molecule has 1 heterocycles. The molecule has 0 bridgehead atoms. The summed E-state index contributed by atoms with van der Waals surface area (Å²) in [5.41, 5.74) is 0.760. The molecule has 138 valence electrons. The molecule has 0 unspecified atom stereocenters. The molecule has 7 nitrogen and oxygen atoms in total. The second-order valence-corrected chi connectivity index (χ2v) is 6.67. The maximum atomic E-state index is 12.4. The van der Waals surface area contributed by atoms with Crippen molar-refractivity contribution in [3.63, 3.8) is 0 Å². The third-order valence-electron chi connectivity index (χ3n) is 3.74. The molecule has 26 heavy (non-hydrogen) atoms. The third kappa shape index (κ3) is 5.17. The van der Waals surface area contributed by atoms with E-state index in [4.69, 9.17) is 19.5 Å². The molecule has 0 N–H and O–H groups in total. The topological polar surface area (TPSA) is 88.9 Å². The molecule has 1 amide bonds. The largest absolute Gasteiger partial charge is 0.493 e. The van der Waals surface area contributed by atoms with Crippen molar-refractivity contribution < 1.29 is 23.8 Å². The highest BCUT2D eigenvalue weighted by Crippen LogP contribution is 2.28. The van der Waals surface area contributed by atoms with Crippen molar-refractivity contribution >= 4 is 29.7 Å². The van der Waals surface area contributed by atoms with E-state index in [1.54, 1.807) is 29.2 Å². The summed E-state index contributed by atoms with van der Waals surface area (Å²) >= 11 is 1.50. The number of carbonyl (C=O) groups excluding carboxylic acids is 2. The van der Waals surface area contributed by atoms with Crippen LogP contribution >= 0.6 is 11.8 Å². The van der Waals surface area contributed by atoms with Crippen molar-refractivity contribution in [3.8, 4) is 17.6 Å². The van der Waals surface area contributed by atoms with Crippen LogP contribution in [0, 0.1) is 11.3 Å². The lowest BCUT2D eigenvalue weighted by Crippen LogP contribution is -2.44. The lowest BCUT2D eigenvalue weighted by molar-refractivity contribution is -0.140. The minimum atomic E-state index is -0.345. The Morgan fingerprint density at radius 3 is 2.88 bits per heavy atom. The van der Waals surface area contributed by atoms with Gasteiger partial charge < -0.3 is 19.1 Å². The van der Waals surface area contributed by atoms with Crippen molar-refractivity contribution in [2.24, 2.45) is 0 Å². The second-order valence-electron chi connectivity index (χ2n) is 5.36. The predicted molar refractivity (Wildman–Crippen MR) is 98.0 cm³/mol. The zero-order chi connectivity index (χ0) is 18.9. The summed E-state index contributed by atoms with van der Waals surface area (Å²) in [7, 11) is 2.85. The number of methoxy groups -OCH3 is 2. The number of nitrogens with zero attached hydrogens (tertiary/aromatic N) is 2. The van der Waals surface area contributed by atoms with Gasteiger partial charge in [0.1, 0.15) is 11.3 Å². The molecular weight excluding hydrogens is 356 g/mol. The Kier molecular flexibility index (Phi) is 7.36. The first kappa shape index (κ1) is 19.7. The molecule has 1 fully saturated rings.